The second-order valence-corrected chi connectivity index (χ2v) is 5.68. The molecule has 1 aromatic carbocycles. The van der Waals surface area contributed by atoms with Gasteiger partial charge >= 0.3 is 0 Å². The fraction of sp³-hybridized carbons (Fsp3) is 0.562. The van der Waals surface area contributed by atoms with Gasteiger partial charge in [0.2, 0.25) is 5.91 Å². The Hall–Kier alpha value is -1.51. The van der Waals surface area contributed by atoms with Crippen LogP contribution in [0.15, 0.2) is 18.2 Å². The normalized spacial score (nSPS) is 14.4. The Bertz CT molecular complexity index is 454. The molecule has 0 fully saturated rings. The zero-order valence-electron chi connectivity index (χ0n) is 12.2. The third-order valence-electron chi connectivity index (χ3n) is 3.73. The van der Waals surface area contributed by atoms with Crippen LogP contribution < -0.4 is 10.2 Å². The third-order valence-corrected chi connectivity index (χ3v) is 3.73. The molecule has 3 nitrogen and oxygen atoms in total. The van der Waals surface area contributed by atoms with E-state index in [1.807, 2.05) is 13.8 Å². The lowest BCUT2D eigenvalue weighted by atomic mass is 9.98. The Balaban J connectivity index is 1.93. The topological polar surface area (TPSA) is 32.3 Å². The number of amides is 1. The number of nitrogens with zero attached hydrogens (tertiary/aromatic N) is 1. The Morgan fingerprint density at radius 3 is 2.95 bits per heavy atom. The minimum absolute atomic E-state index is 0.0668. The molecule has 1 aliphatic heterocycles. The molecule has 0 saturated heterocycles. The zero-order chi connectivity index (χ0) is 13.8. The van der Waals surface area contributed by atoms with E-state index in [-0.39, 0.29) is 11.8 Å². The first-order valence-electron chi connectivity index (χ1n) is 7.18. The quantitative estimate of drug-likeness (QED) is 0.901. The summed E-state index contributed by atoms with van der Waals surface area (Å²) in [5.74, 6) is 0.204. The second-order valence-electron chi connectivity index (χ2n) is 5.68. The maximum Gasteiger partial charge on any atom is 0.222 e. The average Bonchev–Trinajstić information content (AvgIpc) is 2.38. The summed E-state index contributed by atoms with van der Waals surface area (Å²) in [5.41, 5.74) is 4.13. The molecular formula is C16H24N2O. The molecule has 1 N–H and O–H groups in total. The van der Waals surface area contributed by atoms with Crippen LogP contribution in [0.2, 0.25) is 0 Å². The molecular weight excluding hydrogens is 236 g/mol. The molecule has 1 amide bonds. The van der Waals surface area contributed by atoms with Crippen LogP contribution in [-0.2, 0) is 17.6 Å². The van der Waals surface area contributed by atoms with Gasteiger partial charge in [-0.1, -0.05) is 26.0 Å². The highest BCUT2D eigenvalue weighted by Crippen LogP contribution is 2.26. The summed E-state index contributed by atoms with van der Waals surface area (Å²) < 4.78 is 0. The van der Waals surface area contributed by atoms with E-state index in [2.05, 4.69) is 35.5 Å². The molecule has 1 aromatic rings. The van der Waals surface area contributed by atoms with Crippen molar-refractivity contribution in [2.24, 2.45) is 5.92 Å². The Kier molecular flexibility index (Phi) is 4.46. The lowest BCUT2D eigenvalue weighted by Crippen LogP contribution is -2.29. The van der Waals surface area contributed by atoms with Gasteiger partial charge in [-0.3, -0.25) is 4.79 Å². The molecule has 1 heterocycles. The van der Waals surface area contributed by atoms with E-state index in [9.17, 15) is 4.79 Å². The number of fused-ring (bicyclic) bond motifs is 1. The highest BCUT2D eigenvalue weighted by Gasteiger charge is 2.13. The first-order chi connectivity index (χ1) is 9.08. The van der Waals surface area contributed by atoms with E-state index in [1.54, 1.807) is 0 Å². The number of carbonyl (C=O) groups excluding carboxylic acids is 1. The number of rotatable bonds is 4. The molecule has 2 rings (SSSR count). The van der Waals surface area contributed by atoms with Gasteiger partial charge in [-0.15, -0.1) is 0 Å². The average molecular weight is 260 g/mol. The van der Waals surface area contributed by atoms with E-state index in [0.717, 1.165) is 19.5 Å². The number of hydrogen-bond acceptors (Lipinski definition) is 2. The summed E-state index contributed by atoms with van der Waals surface area (Å²) in [4.78, 5) is 13.8. The molecule has 104 valence electrons. The summed E-state index contributed by atoms with van der Waals surface area (Å²) >= 11 is 0. The summed E-state index contributed by atoms with van der Waals surface area (Å²) in [6.07, 6.45) is 3.32. The highest BCUT2D eigenvalue weighted by atomic mass is 16.1. The first-order valence-corrected chi connectivity index (χ1v) is 7.18. The lowest BCUT2D eigenvalue weighted by molar-refractivity contribution is -0.123. The fourth-order valence-electron chi connectivity index (χ4n) is 2.53. The van der Waals surface area contributed by atoms with Crippen LogP contribution in [0, 0.1) is 5.92 Å². The number of aryl methyl sites for hydroxylation is 1. The molecule has 3 heteroatoms. The number of hydrogen-bond donors (Lipinski definition) is 1. The van der Waals surface area contributed by atoms with Crippen LogP contribution in [-0.4, -0.2) is 26.0 Å². The third kappa shape index (κ3) is 3.49. The summed E-state index contributed by atoms with van der Waals surface area (Å²) in [6, 6.07) is 6.70. The molecule has 0 spiro atoms. The standard InChI is InChI=1S/C16H24N2O/c1-12(2)16(19)17-9-8-13-6-7-15-14(11-13)5-4-10-18(15)3/h6-7,11-12H,4-5,8-10H2,1-3H3,(H,17,19). The summed E-state index contributed by atoms with van der Waals surface area (Å²) in [5, 5.41) is 2.97. The molecule has 0 aromatic heterocycles. The number of benzene rings is 1. The van der Waals surface area contributed by atoms with Crippen LogP contribution in [0.25, 0.3) is 0 Å². The van der Waals surface area contributed by atoms with E-state index in [0.29, 0.717) is 0 Å². The maximum atomic E-state index is 11.5. The Morgan fingerprint density at radius 2 is 2.21 bits per heavy atom. The highest BCUT2D eigenvalue weighted by molar-refractivity contribution is 5.77. The van der Waals surface area contributed by atoms with Crippen molar-refractivity contribution in [2.45, 2.75) is 33.1 Å². The van der Waals surface area contributed by atoms with E-state index in [4.69, 9.17) is 0 Å². The van der Waals surface area contributed by atoms with E-state index in [1.165, 1.54) is 29.7 Å². The van der Waals surface area contributed by atoms with Gasteiger partial charge in [-0.05, 0) is 36.5 Å². The van der Waals surface area contributed by atoms with Crippen molar-refractivity contribution < 1.29 is 4.79 Å². The molecule has 19 heavy (non-hydrogen) atoms. The van der Waals surface area contributed by atoms with Gasteiger partial charge in [0.15, 0.2) is 0 Å². The number of anilines is 1. The van der Waals surface area contributed by atoms with Gasteiger partial charge in [0.25, 0.3) is 0 Å². The van der Waals surface area contributed by atoms with Crippen LogP contribution in [0.1, 0.15) is 31.4 Å². The van der Waals surface area contributed by atoms with Gasteiger partial charge in [0.05, 0.1) is 0 Å². The van der Waals surface area contributed by atoms with Crippen LogP contribution in [0.3, 0.4) is 0 Å². The van der Waals surface area contributed by atoms with Gasteiger partial charge in [-0.2, -0.15) is 0 Å². The number of nitrogens with one attached hydrogen (secondary N) is 1. The lowest BCUT2D eigenvalue weighted by Gasteiger charge is -2.27. The Morgan fingerprint density at radius 1 is 1.42 bits per heavy atom. The smallest absolute Gasteiger partial charge is 0.222 e. The van der Waals surface area contributed by atoms with Gasteiger partial charge in [0.1, 0.15) is 0 Å². The van der Waals surface area contributed by atoms with Crippen LogP contribution in [0.4, 0.5) is 5.69 Å². The van der Waals surface area contributed by atoms with Gasteiger partial charge < -0.3 is 10.2 Å². The molecule has 1 aliphatic rings. The minimum atomic E-state index is 0.0668. The molecule has 0 radical (unpaired) electrons. The predicted molar refractivity (Wildman–Crippen MR) is 79.6 cm³/mol. The monoisotopic (exact) mass is 260 g/mol. The van der Waals surface area contributed by atoms with Crippen molar-refractivity contribution in [3.8, 4) is 0 Å². The second kappa shape index (κ2) is 6.09. The number of carbonyl (C=O) groups is 1. The zero-order valence-corrected chi connectivity index (χ0v) is 12.2. The van der Waals surface area contributed by atoms with Crippen molar-refractivity contribution in [3.05, 3.63) is 29.3 Å². The maximum absolute atomic E-state index is 11.5. The van der Waals surface area contributed by atoms with E-state index >= 15 is 0 Å². The van der Waals surface area contributed by atoms with Crippen LogP contribution in [0.5, 0.6) is 0 Å². The van der Waals surface area contributed by atoms with Gasteiger partial charge in [-0.25, -0.2) is 0 Å². The fourth-order valence-corrected chi connectivity index (χ4v) is 2.53. The summed E-state index contributed by atoms with van der Waals surface area (Å²) in [7, 11) is 2.15. The van der Waals surface area contributed by atoms with Gasteiger partial charge in [0, 0.05) is 31.7 Å². The minimum Gasteiger partial charge on any atom is -0.374 e. The molecule has 0 bridgehead atoms. The SMILES string of the molecule is CC(C)C(=O)NCCc1ccc2c(c1)CCCN2C. The van der Waals surface area contributed by atoms with Crippen molar-refractivity contribution in [3.63, 3.8) is 0 Å². The predicted octanol–water partition coefficient (Wildman–Crippen LogP) is 2.38. The molecule has 0 saturated carbocycles. The largest absolute Gasteiger partial charge is 0.374 e. The van der Waals surface area contributed by atoms with E-state index < -0.39 is 0 Å². The summed E-state index contributed by atoms with van der Waals surface area (Å²) in [6.45, 7) is 5.72. The van der Waals surface area contributed by atoms with Crippen molar-refractivity contribution in [1.82, 2.24) is 5.32 Å². The van der Waals surface area contributed by atoms with Crippen LogP contribution >= 0.6 is 0 Å². The first kappa shape index (κ1) is 13.9. The molecule has 0 aliphatic carbocycles. The molecule has 0 unspecified atom stereocenters. The van der Waals surface area contributed by atoms with Crippen molar-refractivity contribution in [1.29, 1.82) is 0 Å². The van der Waals surface area contributed by atoms with Crippen molar-refractivity contribution in [2.75, 3.05) is 25.0 Å². The molecule has 0 atom stereocenters. The van der Waals surface area contributed by atoms with Crippen molar-refractivity contribution >= 4 is 11.6 Å². The Labute approximate surface area is 116 Å².